The van der Waals surface area contributed by atoms with Gasteiger partial charge in [-0.25, -0.2) is 9.59 Å². The lowest BCUT2D eigenvalue weighted by Gasteiger charge is -2.18. The van der Waals surface area contributed by atoms with Gasteiger partial charge in [-0.2, -0.15) is 0 Å². The number of carboxylic acid groups (broad SMARTS) is 2. The first kappa shape index (κ1) is 16.9. The second-order valence-corrected chi connectivity index (χ2v) is 5.13. The zero-order chi connectivity index (χ0) is 18.2. The monoisotopic (exact) mass is 334 g/mol. The van der Waals surface area contributed by atoms with Gasteiger partial charge in [0.25, 0.3) is 0 Å². The van der Waals surface area contributed by atoms with E-state index in [0.29, 0.717) is 0 Å². The third-order valence-electron chi connectivity index (χ3n) is 3.74. The van der Waals surface area contributed by atoms with Crippen molar-refractivity contribution in [3.05, 3.63) is 46.5 Å². The van der Waals surface area contributed by atoms with Gasteiger partial charge in [0.1, 0.15) is 34.1 Å². The molecule has 2 aromatic rings. The molecule has 0 aliphatic rings. The van der Waals surface area contributed by atoms with E-state index in [1.54, 1.807) is 0 Å². The molecule has 0 aliphatic carbocycles. The Morgan fingerprint density at radius 3 is 1.38 bits per heavy atom. The molecule has 0 atom stereocenters. The van der Waals surface area contributed by atoms with E-state index in [1.165, 1.54) is 19.1 Å². The molecule has 8 nitrogen and oxygen atoms in total. The zero-order valence-electron chi connectivity index (χ0n) is 12.4. The summed E-state index contributed by atoms with van der Waals surface area (Å²) in [4.78, 5) is 22.3. The van der Waals surface area contributed by atoms with Crippen LogP contribution in [0.5, 0.6) is 23.0 Å². The molecular formula is C16H14O8. The lowest BCUT2D eigenvalue weighted by Crippen LogP contribution is -2.05. The van der Waals surface area contributed by atoms with Gasteiger partial charge in [0.15, 0.2) is 0 Å². The van der Waals surface area contributed by atoms with Gasteiger partial charge in [-0.1, -0.05) is 19.1 Å². The second-order valence-electron chi connectivity index (χ2n) is 5.13. The van der Waals surface area contributed by atoms with Crippen LogP contribution in [0.25, 0.3) is 0 Å². The predicted molar refractivity (Wildman–Crippen MR) is 81.0 cm³/mol. The van der Waals surface area contributed by atoms with Gasteiger partial charge in [-0.05, 0) is 12.1 Å². The molecule has 0 unspecified atom stereocenters. The van der Waals surface area contributed by atoms with Crippen LogP contribution in [0.2, 0.25) is 0 Å². The standard InChI is InChI=1S/C16H14O8/c1-6(7-2-4-9(17)11(13(7)19)15(21)22)8-3-5-10(18)12(14(8)20)16(23)24/h2-6,17-20H,1H3,(H,21,22)(H,23,24). The van der Waals surface area contributed by atoms with Crippen molar-refractivity contribution >= 4 is 11.9 Å². The van der Waals surface area contributed by atoms with E-state index in [9.17, 15) is 30.0 Å². The van der Waals surface area contributed by atoms with Crippen LogP contribution in [0, 0.1) is 0 Å². The van der Waals surface area contributed by atoms with Gasteiger partial charge < -0.3 is 30.6 Å². The summed E-state index contributed by atoms with van der Waals surface area (Å²) in [5.74, 6) is -6.55. The fourth-order valence-corrected chi connectivity index (χ4v) is 2.48. The number of phenols is 4. The average Bonchev–Trinajstić information content (AvgIpc) is 2.46. The Balaban J connectivity index is 2.65. The lowest BCUT2D eigenvalue weighted by molar-refractivity contribution is 0.0678. The van der Waals surface area contributed by atoms with Crippen molar-refractivity contribution in [1.82, 2.24) is 0 Å². The van der Waals surface area contributed by atoms with Gasteiger partial charge in [-0.15, -0.1) is 0 Å². The summed E-state index contributed by atoms with van der Waals surface area (Å²) in [7, 11) is 0. The molecule has 0 amide bonds. The minimum Gasteiger partial charge on any atom is -0.507 e. The molecule has 24 heavy (non-hydrogen) atoms. The summed E-state index contributed by atoms with van der Waals surface area (Å²) in [6.45, 7) is 1.50. The van der Waals surface area contributed by atoms with Crippen molar-refractivity contribution < 1.29 is 40.2 Å². The maximum absolute atomic E-state index is 11.1. The molecule has 0 aliphatic heterocycles. The molecular weight excluding hydrogens is 320 g/mol. The Hall–Kier alpha value is -3.42. The van der Waals surface area contributed by atoms with Crippen molar-refractivity contribution in [3.8, 4) is 23.0 Å². The molecule has 0 aromatic heterocycles. The highest BCUT2D eigenvalue weighted by atomic mass is 16.4. The Kier molecular flexibility index (Phi) is 4.23. The van der Waals surface area contributed by atoms with Crippen LogP contribution in [0.4, 0.5) is 0 Å². The molecule has 0 fully saturated rings. The summed E-state index contributed by atoms with van der Waals surface area (Å²) in [6.07, 6.45) is 0. The Labute approximate surface area is 135 Å². The first-order valence-corrected chi connectivity index (χ1v) is 6.73. The van der Waals surface area contributed by atoms with Gasteiger partial charge in [0.05, 0.1) is 0 Å². The van der Waals surface area contributed by atoms with Gasteiger partial charge in [-0.3, -0.25) is 0 Å². The molecule has 0 spiro atoms. The van der Waals surface area contributed by atoms with E-state index in [0.717, 1.165) is 12.1 Å². The number of aromatic carboxylic acids is 2. The van der Waals surface area contributed by atoms with E-state index < -0.39 is 52.0 Å². The quantitative estimate of drug-likeness (QED) is 0.496. The highest BCUT2D eigenvalue weighted by molar-refractivity contribution is 5.95. The minimum absolute atomic E-state index is 0.0579. The van der Waals surface area contributed by atoms with E-state index in [2.05, 4.69) is 0 Å². The lowest BCUT2D eigenvalue weighted by atomic mass is 9.88. The predicted octanol–water partition coefficient (Wildman–Crippen LogP) is 2.06. The fourth-order valence-electron chi connectivity index (χ4n) is 2.48. The smallest absolute Gasteiger partial charge is 0.343 e. The normalized spacial score (nSPS) is 10.8. The van der Waals surface area contributed by atoms with Crippen LogP contribution in [-0.2, 0) is 0 Å². The number of carbonyl (C=O) groups is 2. The molecule has 2 rings (SSSR count). The number of benzene rings is 2. The van der Waals surface area contributed by atoms with Crippen LogP contribution in [0.15, 0.2) is 24.3 Å². The molecule has 0 saturated heterocycles. The summed E-state index contributed by atoms with van der Waals surface area (Å²) in [5, 5.41) is 57.4. The van der Waals surface area contributed by atoms with Crippen LogP contribution in [0.3, 0.4) is 0 Å². The molecule has 0 saturated carbocycles. The topological polar surface area (TPSA) is 156 Å². The van der Waals surface area contributed by atoms with Crippen LogP contribution in [0.1, 0.15) is 44.7 Å². The van der Waals surface area contributed by atoms with E-state index >= 15 is 0 Å². The number of aromatic hydroxyl groups is 4. The fraction of sp³-hybridized carbons (Fsp3) is 0.125. The first-order chi connectivity index (χ1) is 11.2. The molecule has 2 aromatic carbocycles. The number of rotatable bonds is 4. The van der Waals surface area contributed by atoms with Crippen molar-refractivity contribution in [2.75, 3.05) is 0 Å². The van der Waals surface area contributed by atoms with E-state index in [4.69, 9.17) is 10.2 Å². The summed E-state index contributed by atoms with van der Waals surface area (Å²) in [6, 6.07) is 4.66. The number of hydrogen-bond acceptors (Lipinski definition) is 6. The Morgan fingerprint density at radius 1 is 0.750 bits per heavy atom. The zero-order valence-corrected chi connectivity index (χ0v) is 12.4. The maximum atomic E-state index is 11.1. The highest BCUT2D eigenvalue weighted by Crippen LogP contribution is 2.42. The molecule has 6 N–H and O–H groups in total. The first-order valence-electron chi connectivity index (χ1n) is 6.73. The SMILES string of the molecule is CC(c1ccc(O)c(C(=O)O)c1O)c1ccc(O)c(C(=O)O)c1O. The summed E-state index contributed by atoms with van der Waals surface area (Å²) >= 11 is 0. The average molecular weight is 334 g/mol. The molecule has 0 bridgehead atoms. The van der Waals surface area contributed by atoms with Crippen molar-refractivity contribution in [2.24, 2.45) is 0 Å². The van der Waals surface area contributed by atoms with Crippen LogP contribution in [-0.4, -0.2) is 42.6 Å². The molecule has 126 valence electrons. The minimum atomic E-state index is -1.54. The van der Waals surface area contributed by atoms with E-state index in [-0.39, 0.29) is 11.1 Å². The van der Waals surface area contributed by atoms with Crippen LogP contribution < -0.4 is 0 Å². The Bertz CT molecular complexity index is 771. The van der Waals surface area contributed by atoms with Gasteiger partial charge in [0.2, 0.25) is 0 Å². The number of carboxylic acids is 2. The van der Waals surface area contributed by atoms with E-state index in [1.807, 2.05) is 0 Å². The van der Waals surface area contributed by atoms with Crippen molar-refractivity contribution in [2.45, 2.75) is 12.8 Å². The largest absolute Gasteiger partial charge is 0.507 e. The summed E-state index contributed by atoms with van der Waals surface area (Å²) in [5.41, 5.74) is -1.28. The van der Waals surface area contributed by atoms with Gasteiger partial charge in [0, 0.05) is 17.0 Å². The molecule has 8 heteroatoms. The van der Waals surface area contributed by atoms with Gasteiger partial charge >= 0.3 is 11.9 Å². The summed E-state index contributed by atoms with van der Waals surface area (Å²) < 4.78 is 0. The van der Waals surface area contributed by atoms with Crippen molar-refractivity contribution in [1.29, 1.82) is 0 Å². The Morgan fingerprint density at radius 2 is 1.08 bits per heavy atom. The second kappa shape index (κ2) is 5.99. The third-order valence-corrected chi connectivity index (χ3v) is 3.74. The maximum Gasteiger partial charge on any atom is 0.343 e. The third kappa shape index (κ3) is 2.65. The van der Waals surface area contributed by atoms with Crippen LogP contribution >= 0.6 is 0 Å². The molecule has 0 radical (unpaired) electrons. The van der Waals surface area contributed by atoms with Crippen molar-refractivity contribution in [3.63, 3.8) is 0 Å². The highest BCUT2D eigenvalue weighted by Gasteiger charge is 2.26. The molecule has 0 heterocycles. The number of hydrogen-bond donors (Lipinski definition) is 6.